The third-order valence-electron chi connectivity index (χ3n) is 7.09. The summed E-state index contributed by atoms with van der Waals surface area (Å²) in [5.74, 6) is 0. The number of hydrogen-bond acceptors (Lipinski definition) is 0. The minimum atomic E-state index is 0. The first-order valence-electron chi connectivity index (χ1n) is 13.3. The zero-order valence-electron chi connectivity index (χ0n) is 24.1. The van der Waals surface area contributed by atoms with Crippen molar-refractivity contribution >= 4 is 3.21 Å². The molecule has 2 aliphatic rings. The van der Waals surface area contributed by atoms with Crippen molar-refractivity contribution in [1.82, 2.24) is 0 Å². The molecule has 37 heavy (non-hydrogen) atoms. The van der Waals surface area contributed by atoms with Crippen molar-refractivity contribution in [2.75, 3.05) is 0 Å². The Kier molecular flexibility index (Phi) is 13.4. The Bertz CT molecular complexity index is 1050. The first kappa shape index (κ1) is 34.2. The molecule has 0 aliphatic heterocycles. The van der Waals surface area contributed by atoms with Gasteiger partial charge in [0.2, 0.25) is 0 Å². The van der Waals surface area contributed by atoms with Crippen molar-refractivity contribution < 1.29 is 49.0 Å². The summed E-state index contributed by atoms with van der Waals surface area (Å²) < 4.78 is 1.80. The van der Waals surface area contributed by atoms with Crippen LogP contribution in [0.15, 0.2) is 48.5 Å². The van der Waals surface area contributed by atoms with E-state index >= 15 is 0 Å². The second kappa shape index (κ2) is 14.5. The van der Waals surface area contributed by atoms with E-state index in [0.29, 0.717) is 0 Å². The van der Waals surface area contributed by atoms with Gasteiger partial charge in [-0.2, -0.15) is 35.9 Å². The van der Waals surface area contributed by atoms with Gasteiger partial charge in [0.05, 0.1) is 0 Å². The van der Waals surface area contributed by atoms with Crippen LogP contribution in [0.2, 0.25) is 0 Å². The molecule has 0 amide bonds. The molecule has 0 spiro atoms. The van der Waals surface area contributed by atoms with Gasteiger partial charge in [-0.05, 0) is 35.4 Å². The molecule has 0 unspecified atom stereocenters. The standard InChI is InChI=1S/C23H29.C6H10.C5H5.2ClH.Zr/c1-14-9-16-11-17-10-15(2)21(23(6,7)8)13-19(17)18(16)12-20(14)22(3,4)5;1-2-4-6-5-3-1;1-2-4-5-3-1;;;/h9,12-13H,11H2,1-8H3;1-5H2;1-5H;2*1H;/q-1;;-1;;;+2/p-2. The summed E-state index contributed by atoms with van der Waals surface area (Å²) in [5, 5.41) is 0. The SMILES string of the molecule is Cc1[c-]c2c(cc1C(C)(C)C)-c1cc(C(C)(C)C)c(C)cc1C2.[Cl-].[Cl-].[Zr+2]=[C]1CCCCC1.c1cc[cH-]c1. The predicted molar refractivity (Wildman–Crippen MR) is 151 cm³/mol. The molecule has 2 aliphatic carbocycles. The van der Waals surface area contributed by atoms with Crippen molar-refractivity contribution in [3.63, 3.8) is 0 Å². The van der Waals surface area contributed by atoms with Crippen LogP contribution < -0.4 is 24.8 Å². The van der Waals surface area contributed by atoms with Crippen LogP contribution in [0, 0.1) is 19.9 Å². The van der Waals surface area contributed by atoms with Crippen LogP contribution >= 0.6 is 0 Å². The molecule has 0 heterocycles. The van der Waals surface area contributed by atoms with Crippen LogP contribution in [-0.2, 0) is 41.5 Å². The summed E-state index contributed by atoms with van der Waals surface area (Å²) in [5.41, 5.74) is 11.6. The van der Waals surface area contributed by atoms with Gasteiger partial charge < -0.3 is 24.8 Å². The fourth-order valence-corrected chi connectivity index (χ4v) is 6.19. The summed E-state index contributed by atoms with van der Waals surface area (Å²) in [4.78, 5) is 0. The number of halogens is 2. The maximum Gasteiger partial charge on any atom is -0.172 e. The number of hydrogen-bond donors (Lipinski definition) is 0. The molecule has 1 saturated carbocycles. The Balaban J connectivity index is 0.000000402. The van der Waals surface area contributed by atoms with Crippen LogP contribution in [0.4, 0.5) is 0 Å². The van der Waals surface area contributed by atoms with Gasteiger partial charge >= 0.3 is 59.5 Å². The minimum Gasteiger partial charge on any atom is -0.214 e. The first-order valence-corrected chi connectivity index (χ1v) is 14.5. The number of rotatable bonds is 0. The van der Waals surface area contributed by atoms with E-state index in [0.717, 1.165) is 6.42 Å². The molecular weight excluding hydrogens is 571 g/mol. The predicted octanol–water partition coefficient (Wildman–Crippen LogP) is 3.35. The molecule has 3 aromatic carbocycles. The minimum absolute atomic E-state index is 0. The van der Waals surface area contributed by atoms with E-state index in [9.17, 15) is 0 Å². The second-order valence-corrected chi connectivity index (χ2v) is 14.1. The van der Waals surface area contributed by atoms with E-state index in [4.69, 9.17) is 0 Å². The van der Waals surface area contributed by atoms with Gasteiger partial charge in [-0.3, -0.25) is 0 Å². The van der Waals surface area contributed by atoms with Crippen molar-refractivity contribution in [3.8, 4) is 11.1 Å². The third-order valence-corrected chi connectivity index (χ3v) is 8.32. The monoisotopic (exact) mass is 612 g/mol. The van der Waals surface area contributed by atoms with Gasteiger partial charge in [0, 0.05) is 0 Å². The number of aryl methyl sites for hydroxylation is 2. The quantitative estimate of drug-likeness (QED) is 0.267. The molecule has 0 nitrogen and oxygen atoms in total. The third kappa shape index (κ3) is 9.37. The molecule has 0 N–H and O–H groups in total. The van der Waals surface area contributed by atoms with Gasteiger partial charge in [-0.25, -0.2) is 12.1 Å². The van der Waals surface area contributed by atoms with Crippen LogP contribution in [0.3, 0.4) is 0 Å². The topological polar surface area (TPSA) is 0 Å². The van der Waals surface area contributed by atoms with Gasteiger partial charge in [0.15, 0.2) is 0 Å². The average molecular weight is 615 g/mol. The summed E-state index contributed by atoms with van der Waals surface area (Å²) in [6, 6.07) is 20.9. The average Bonchev–Trinajstić information content (AvgIpc) is 3.43. The molecule has 3 aromatic rings. The van der Waals surface area contributed by atoms with Crippen molar-refractivity contribution in [2.45, 2.75) is 105 Å². The van der Waals surface area contributed by atoms with E-state index in [1.54, 1.807) is 27.4 Å². The Morgan fingerprint density at radius 1 is 0.757 bits per heavy atom. The molecule has 200 valence electrons. The first-order chi connectivity index (χ1) is 16.4. The fourth-order valence-electron chi connectivity index (χ4n) is 5.32. The Labute approximate surface area is 254 Å². The van der Waals surface area contributed by atoms with Crippen molar-refractivity contribution in [3.05, 3.63) is 88.0 Å². The molecule has 0 atom stereocenters. The molecule has 0 saturated heterocycles. The van der Waals surface area contributed by atoms with Crippen LogP contribution in [0.25, 0.3) is 11.1 Å². The van der Waals surface area contributed by atoms with E-state index < -0.39 is 0 Å². The molecule has 3 heteroatoms. The molecule has 0 radical (unpaired) electrons. The Hall–Kier alpha value is -0.877. The largest absolute Gasteiger partial charge is 0.214 e. The van der Waals surface area contributed by atoms with E-state index in [1.165, 1.54) is 76.6 Å². The zero-order valence-corrected chi connectivity index (χ0v) is 28.1. The molecule has 0 bridgehead atoms. The van der Waals surface area contributed by atoms with Gasteiger partial charge in [-0.15, -0.1) is 16.7 Å². The van der Waals surface area contributed by atoms with E-state index in [2.05, 4.69) is 79.7 Å². The van der Waals surface area contributed by atoms with Crippen LogP contribution in [0.5, 0.6) is 0 Å². The number of fused-ring (bicyclic) bond motifs is 3. The van der Waals surface area contributed by atoms with Crippen LogP contribution in [-0.4, -0.2) is 3.21 Å². The molecule has 1 fully saturated rings. The smallest absolute Gasteiger partial charge is 0.172 e. The Morgan fingerprint density at radius 2 is 1.30 bits per heavy atom. The maximum absolute atomic E-state index is 3.69. The summed E-state index contributed by atoms with van der Waals surface area (Å²) in [7, 11) is 0. The van der Waals surface area contributed by atoms with Gasteiger partial charge in [0.25, 0.3) is 0 Å². The molecular formula is C34H44Cl2Zr-2. The zero-order chi connectivity index (χ0) is 25.8. The van der Waals surface area contributed by atoms with E-state index in [-0.39, 0.29) is 35.6 Å². The van der Waals surface area contributed by atoms with E-state index in [1.807, 2.05) is 30.3 Å². The maximum atomic E-state index is 3.69. The fraction of sp³-hybridized carbons (Fsp3) is 0.471. The van der Waals surface area contributed by atoms with Crippen molar-refractivity contribution in [1.29, 1.82) is 0 Å². The summed E-state index contributed by atoms with van der Waals surface area (Å²) >= 11 is 1.69. The summed E-state index contributed by atoms with van der Waals surface area (Å²) in [6.45, 7) is 18.2. The van der Waals surface area contributed by atoms with Gasteiger partial charge in [0.1, 0.15) is 0 Å². The normalized spacial score (nSPS) is 14.1. The van der Waals surface area contributed by atoms with Crippen LogP contribution in [0.1, 0.15) is 107 Å². The second-order valence-electron chi connectivity index (χ2n) is 12.3. The number of benzene rings is 2. The van der Waals surface area contributed by atoms with Gasteiger partial charge in [-0.1, -0.05) is 71.6 Å². The molecule has 0 aromatic heterocycles. The Morgan fingerprint density at radius 3 is 1.73 bits per heavy atom. The van der Waals surface area contributed by atoms with Crippen molar-refractivity contribution in [2.24, 2.45) is 0 Å². The summed E-state index contributed by atoms with van der Waals surface area (Å²) in [6.07, 6.45) is 8.34. The molecule has 5 rings (SSSR count).